The lowest BCUT2D eigenvalue weighted by Crippen LogP contribution is -2.37. The number of hydrogen-bond donors (Lipinski definition) is 1. The summed E-state index contributed by atoms with van der Waals surface area (Å²) < 4.78 is 0. The SMILES string of the molecule is CCCN(C(=O)C(C)C1CC1)c1ccccc1N. The second-order valence-corrected chi connectivity index (χ2v) is 5.17. The molecule has 0 aromatic heterocycles. The van der Waals surface area contributed by atoms with Gasteiger partial charge in [-0.05, 0) is 37.3 Å². The van der Waals surface area contributed by atoms with Crippen molar-refractivity contribution in [2.75, 3.05) is 17.2 Å². The quantitative estimate of drug-likeness (QED) is 0.812. The van der Waals surface area contributed by atoms with Crippen LogP contribution in [0.25, 0.3) is 0 Å². The van der Waals surface area contributed by atoms with Crippen molar-refractivity contribution in [3.05, 3.63) is 24.3 Å². The summed E-state index contributed by atoms with van der Waals surface area (Å²) >= 11 is 0. The molecular formula is C15H22N2O. The molecular weight excluding hydrogens is 224 g/mol. The number of carbonyl (C=O) groups is 1. The number of amides is 1. The molecule has 0 bridgehead atoms. The average molecular weight is 246 g/mol. The number of anilines is 2. The molecule has 3 heteroatoms. The molecule has 0 heterocycles. The molecule has 0 radical (unpaired) electrons. The van der Waals surface area contributed by atoms with Crippen molar-refractivity contribution < 1.29 is 4.79 Å². The zero-order valence-electron chi connectivity index (χ0n) is 11.2. The molecule has 1 aliphatic carbocycles. The van der Waals surface area contributed by atoms with Gasteiger partial charge >= 0.3 is 0 Å². The highest BCUT2D eigenvalue weighted by molar-refractivity contribution is 5.97. The smallest absolute Gasteiger partial charge is 0.230 e. The van der Waals surface area contributed by atoms with Gasteiger partial charge in [0.25, 0.3) is 0 Å². The summed E-state index contributed by atoms with van der Waals surface area (Å²) in [5.74, 6) is 0.926. The van der Waals surface area contributed by atoms with E-state index in [0.29, 0.717) is 11.6 Å². The molecule has 98 valence electrons. The molecule has 0 aliphatic heterocycles. The maximum absolute atomic E-state index is 12.5. The van der Waals surface area contributed by atoms with Crippen LogP contribution in [-0.4, -0.2) is 12.5 Å². The Morgan fingerprint density at radius 1 is 1.44 bits per heavy atom. The van der Waals surface area contributed by atoms with Gasteiger partial charge in [0.05, 0.1) is 11.4 Å². The van der Waals surface area contributed by atoms with E-state index >= 15 is 0 Å². The molecule has 1 amide bonds. The first kappa shape index (κ1) is 12.9. The van der Waals surface area contributed by atoms with Crippen LogP contribution in [0, 0.1) is 11.8 Å². The van der Waals surface area contributed by atoms with Gasteiger partial charge in [0.2, 0.25) is 5.91 Å². The number of nitrogen functional groups attached to an aromatic ring is 1. The minimum absolute atomic E-state index is 0.121. The molecule has 0 spiro atoms. The zero-order valence-corrected chi connectivity index (χ0v) is 11.2. The van der Waals surface area contributed by atoms with Crippen molar-refractivity contribution in [2.24, 2.45) is 11.8 Å². The predicted molar refractivity (Wildman–Crippen MR) is 75.4 cm³/mol. The van der Waals surface area contributed by atoms with E-state index in [9.17, 15) is 4.79 Å². The topological polar surface area (TPSA) is 46.3 Å². The van der Waals surface area contributed by atoms with E-state index in [2.05, 4.69) is 6.92 Å². The lowest BCUT2D eigenvalue weighted by atomic mass is 10.0. The molecule has 1 aliphatic rings. The lowest BCUT2D eigenvalue weighted by molar-refractivity contribution is -0.122. The zero-order chi connectivity index (χ0) is 13.1. The monoisotopic (exact) mass is 246 g/mol. The summed E-state index contributed by atoms with van der Waals surface area (Å²) in [7, 11) is 0. The van der Waals surface area contributed by atoms with Crippen LogP contribution in [0.1, 0.15) is 33.1 Å². The minimum Gasteiger partial charge on any atom is -0.397 e. The molecule has 3 nitrogen and oxygen atoms in total. The van der Waals surface area contributed by atoms with Gasteiger partial charge in [-0.25, -0.2) is 0 Å². The summed E-state index contributed by atoms with van der Waals surface area (Å²) in [6.45, 7) is 4.87. The van der Waals surface area contributed by atoms with Crippen molar-refractivity contribution in [2.45, 2.75) is 33.1 Å². The number of carbonyl (C=O) groups excluding carboxylic acids is 1. The second-order valence-electron chi connectivity index (χ2n) is 5.17. The Morgan fingerprint density at radius 3 is 2.67 bits per heavy atom. The second kappa shape index (κ2) is 5.42. The highest BCUT2D eigenvalue weighted by Gasteiger charge is 2.35. The fourth-order valence-electron chi connectivity index (χ4n) is 2.35. The number of para-hydroxylation sites is 2. The van der Waals surface area contributed by atoms with E-state index in [1.54, 1.807) is 0 Å². The van der Waals surface area contributed by atoms with Crippen LogP contribution in [-0.2, 0) is 4.79 Å². The third-order valence-electron chi connectivity index (χ3n) is 3.66. The Morgan fingerprint density at radius 2 is 2.11 bits per heavy atom. The first-order valence-electron chi connectivity index (χ1n) is 6.81. The number of nitrogens with two attached hydrogens (primary N) is 1. The van der Waals surface area contributed by atoms with Gasteiger partial charge in [0.1, 0.15) is 0 Å². The van der Waals surface area contributed by atoms with Gasteiger partial charge < -0.3 is 10.6 Å². The van der Waals surface area contributed by atoms with E-state index in [4.69, 9.17) is 5.73 Å². The van der Waals surface area contributed by atoms with E-state index < -0.39 is 0 Å². The number of nitrogens with zero attached hydrogens (tertiary/aromatic N) is 1. The maximum atomic E-state index is 12.5. The Hall–Kier alpha value is -1.51. The molecule has 0 saturated heterocycles. The number of hydrogen-bond acceptors (Lipinski definition) is 2. The molecule has 1 aromatic carbocycles. The molecule has 1 aromatic rings. The summed E-state index contributed by atoms with van der Waals surface area (Å²) in [6.07, 6.45) is 3.33. The molecule has 1 unspecified atom stereocenters. The highest BCUT2D eigenvalue weighted by atomic mass is 16.2. The summed E-state index contributed by atoms with van der Waals surface area (Å²) in [5, 5.41) is 0. The van der Waals surface area contributed by atoms with Crippen molar-refractivity contribution in [1.82, 2.24) is 0 Å². The average Bonchev–Trinajstić information content (AvgIpc) is 3.19. The molecule has 2 N–H and O–H groups in total. The van der Waals surface area contributed by atoms with Gasteiger partial charge in [-0.2, -0.15) is 0 Å². The van der Waals surface area contributed by atoms with Crippen molar-refractivity contribution in [3.63, 3.8) is 0 Å². The Kier molecular flexibility index (Phi) is 3.90. The van der Waals surface area contributed by atoms with E-state index in [1.165, 1.54) is 12.8 Å². The van der Waals surface area contributed by atoms with Gasteiger partial charge in [0, 0.05) is 12.5 Å². The third kappa shape index (κ3) is 2.66. The van der Waals surface area contributed by atoms with Crippen LogP contribution >= 0.6 is 0 Å². The lowest BCUT2D eigenvalue weighted by Gasteiger charge is -2.26. The predicted octanol–water partition coefficient (Wildman–Crippen LogP) is 3.06. The first-order valence-corrected chi connectivity index (χ1v) is 6.81. The summed E-state index contributed by atoms with van der Waals surface area (Å²) in [6, 6.07) is 7.62. The Labute approximate surface area is 109 Å². The molecule has 18 heavy (non-hydrogen) atoms. The molecule has 1 saturated carbocycles. The minimum atomic E-state index is 0.121. The van der Waals surface area contributed by atoms with Gasteiger partial charge in [-0.15, -0.1) is 0 Å². The standard InChI is InChI=1S/C15H22N2O/c1-3-10-17(14-7-5-4-6-13(14)16)15(18)11(2)12-8-9-12/h4-7,11-12H,3,8-10,16H2,1-2H3. The van der Waals surface area contributed by atoms with Crippen LogP contribution in [0.5, 0.6) is 0 Å². The van der Waals surface area contributed by atoms with Crippen LogP contribution in [0.2, 0.25) is 0 Å². The van der Waals surface area contributed by atoms with Gasteiger partial charge in [-0.1, -0.05) is 26.0 Å². The third-order valence-corrected chi connectivity index (χ3v) is 3.66. The van der Waals surface area contributed by atoms with Crippen molar-refractivity contribution in [1.29, 1.82) is 0 Å². The van der Waals surface area contributed by atoms with E-state index in [0.717, 1.165) is 18.7 Å². The highest BCUT2D eigenvalue weighted by Crippen LogP contribution is 2.38. The number of rotatable bonds is 5. The largest absolute Gasteiger partial charge is 0.397 e. The Bertz CT molecular complexity index is 426. The maximum Gasteiger partial charge on any atom is 0.230 e. The molecule has 1 fully saturated rings. The van der Waals surface area contributed by atoms with Crippen molar-refractivity contribution in [3.8, 4) is 0 Å². The summed E-state index contributed by atoms with van der Waals surface area (Å²) in [4.78, 5) is 14.4. The normalized spacial score (nSPS) is 16.3. The van der Waals surface area contributed by atoms with E-state index in [1.807, 2.05) is 36.1 Å². The van der Waals surface area contributed by atoms with Crippen LogP contribution in [0.3, 0.4) is 0 Å². The Balaban J connectivity index is 2.22. The van der Waals surface area contributed by atoms with Gasteiger partial charge in [0.15, 0.2) is 0 Å². The fraction of sp³-hybridized carbons (Fsp3) is 0.533. The van der Waals surface area contributed by atoms with Crippen LogP contribution in [0.15, 0.2) is 24.3 Å². The van der Waals surface area contributed by atoms with Crippen LogP contribution < -0.4 is 10.6 Å². The molecule has 2 rings (SSSR count). The van der Waals surface area contributed by atoms with Crippen molar-refractivity contribution >= 4 is 17.3 Å². The summed E-state index contributed by atoms with van der Waals surface area (Å²) in [5.41, 5.74) is 7.53. The molecule has 1 atom stereocenters. The van der Waals surface area contributed by atoms with Gasteiger partial charge in [-0.3, -0.25) is 4.79 Å². The van der Waals surface area contributed by atoms with Crippen LogP contribution in [0.4, 0.5) is 11.4 Å². The van der Waals surface area contributed by atoms with E-state index in [-0.39, 0.29) is 11.8 Å². The first-order chi connectivity index (χ1) is 8.65. The number of benzene rings is 1. The fourth-order valence-corrected chi connectivity index (χ4v) is 2.35.